The number of carbonyl (C=O) groups excluding carboxylic acids is 1. The molecule has 3 rings (SSSR count). The van der Waals surface area contributed by atoms with E-state index in [2.05, 4.69) is 29.1 Å². The van der Waals surface area contributed by atoms with Crippen LogP contribution in [0.3, 0.4) is 0 Å². The molecule has 2 aromatic carbocycles. The molecule has 6 nitrogen and oxygen atoms in total. The summed E-state index contributed by atoms with van der Waals surface area (Å²) in [5, 5.41) is 11.7. The molecule has 1 amide bonds. The van der Waals surface area contributed by atoms with E-state index in [4.69, 9.17) is 5.11 Å². The molecule has 0 atom stereocenters. The highest BCUT2D eigenvalue weighted by Crippen LogP contribution is 2.18. The summed E-state index contributed by atoms with van der Waals surface area (Å²) in [6.45, 7) is 4.44. The Bertz CT molecular complexity index is 927. The minimum Gasteiger partial charge on any atom is -0.478 e. The summed E-state index contributed by atoms with van der Waals surface area (Å²) in [4.78, 5) is 30.9. The molecule has 3 aromatic rings. The summed E-state index contributed by atoms with van der Waals surface area (Å²) in [5.41, 5.74) is 3.28. The third-order valence-electron chi connectivity index (χ3n) is 3.96. The number of carboxylic acid groups (broad SMARTS) is 1. The Kier molecular flexibility index (Phi) is 4.52. The van der Waals surface area contributed by atoms with E-state index in [-0.39, 0.29) is 11.5 Å². The Morgan fingerprint density at radius 3 is 2.44 bits per heavy atom. The zero-order valence-corrected chi connectivity index (χ0v) is 14.0. The summed E-state index contributed by atoms with van der Waals surface area (Å²) in [6, 6.07) is 11.8. The van der Waals surface area contributed by atoms with E-state index in [9.17, 15) is 9.59 Å². The van der Waals surface area contributed by atoms with Crippen LogP contribution in [0.15, 0.2) is 42.5 Å². The number of benzene rings is 2. The van der Waals surface area contributed by atoms with Crippen LogP contribution in [0, 0.1) is 0 Å². The molecule has 25 heavy (non-hydrogen) atoms. The molecule has 0 fully saturated rings. The Hall–Kier alpha value is -3.15. The standard InChI is InChI=1S/C19H19N3O3/c1-11(2)17-21-15-8-7-14(9-16(15)22-17)18(23)20-10-12-3-5-13(6-4-12)19(24)25/h3-9,11H,10H2,1-2H3,(H,20,23)(H,21,22)(H,24,25). The SMILES string of the molecule is CC(C)c1nc2ccc(C(=O)NCc3ccc(C(=O)O)cc3)cc2[nH]1. The maximum absolute atomic E-state index is 12.3. The normalized spacial score (nSPS) is 11.0. The van der Waals surface area contributed by atoms with E-state index in [1.807, 2.05) is 6.07 Å². The van der Waals surface area contributed by atoms with Crippen LogP contribution in [-0.2, 0) is 6.54 Å². The average molecular weight is 337 g/mol. The summed E-state index contributed by atoms with van der Waals surface area (Å²) in [5.74, 6) is 0.0265. The molecular formula is C19H19N3O3. The number of hydrogen-bond acceptors (Lipinski definition) is 3. The number of carbonyl (C=O) groups is 2. The fraction of sp³-hybridized carbons (Fsp3) is 0.211. The molecule has 128 valence electrons. The van der Waals surface area contributed by atoms with Crippen molar-refractivity contribution in [3.63, 3.8) is 0 Å². The predicted molar refractivity (Wildman–Crippen MR) is 94.8 cm³/mol. The molecule has 1 aromatic heterocycles. The van der Waals surface area contributed by atoms with Crippen molar-refractivity contribution < 1.29 is 14.7 Å². The summed E-state index contributed by atoms with van der Waals surface area (Å²) in [7, 11) is 0. The topological polar surface area (TPSA) is 95.1 Å². The first kappa shape index (κ1) is 16.7. The average Bonchev–Trinajstić information content (AvgIpc) is 3.03. The van der Waals surface area contributed by atoms with E-state index in [0.717, 1.165) is 22.4 Å². The van der Waals surface area contributed by atoms with Gasteiger partial charge in [-0.3, -0.25) is 4.79 Å². The van der Waals surface area contributed by atoms with E-state index in [1.54, 1.807) is 24.3 Å². The first-order chi connectivity index (χ1) is 11.9. The Morgan fingerprint density at radius 1 is 1.12 bits per heavy atom. The third kappa shape index (κ3) is 3.68. The number of amides is 1. The van der Waals surface area contributed by atoms with Gasteiger partial charge in [-0.2, -0.15) is 0 Å². The van der Waals surface area contributed by atoms with Crippen LogP contribution >= 0.6 is 0 Å². The monoisotopic (exact) mass is 337 g/mol. The van der Waals surface area contributed by atoms with Crippen molar-refractivity contribution in [2.75, 3.05) is 0 Å². The number of aromatic carboxylic acids is 1. The molecule has 6 heteroatoms. The number of aromatic nitrogens is 2. The molecule has 1 heterocycles. The van der Waals surface area contributed by atoms with Gasteiger partial charge in [0.05, 0.1) is 16.6 Å². The highest BCUT2D eigenvalue weighted by molar-refractivity contribution is 5.97. The molecule has 0 radical (unpaired) electrons. The molecule has 0 saturated heterocycles. The second-order valence-corrected chi connectivity index (χ2v) is 6.19. The van der Waals surface area contributed by atoms with Crippen LogP contribution in [0.2, 0.25) is 0 Å². The van der Waals surface area contributed by atoms with Gasteiger partial charge in [-0.05, 0) is 35.9 Å². The van der Waals surface area contributed by atoms with Gasteiger partial charge in [-0.15, -0.1) is 0 Å². The number of aromatic amines is 1. The minimum absolute atomic E-state index is 0.190. The van der Waals surface area contributed by atoms with Crippen molar-refractivity contribution in [3.8, 4) is 0 Å². The van der Waals surface area contributed by atoms with Gasteiger partial charge in [0.1, 0.15) is 5.82 Å². The van der Waals surface area contributed by atoms with Crippen molar-refractivity contribution >= 4 is 22.9 Å². The fourth-order valence-electron chi connectivity index (χ4n) is 2.49. The van der Waals surface area contributed by atoms with E-state index < -0.39 is 5.97 Å². The van der Waals surface area contributed by atoms with Crippen molar-refractivity contribution in [2.24, 2.45) is 0 Å². The number of hydrogen-bond donors (Lipinski definition) is 3. The zero-order valence-electron chi connectivity index (χ0n) is 14.0. The molecule has 3 N–H and O–H groups in total. The van der Waals surface area contributed by atoms with Crippen molar-refractivity contribution in [3.05, 3.63) is 65.0 Å². The third-order valence-corrected chi connectivity index (χ3v) is 3.96. The number of H-pyrrole nitrogens is 1. The molecule has 0 bridgehead atoms. The molecule has 0 aliphatic rings. The smallest absolute Gasteiger partial charge is 0.335 e. The van der Waals surface area contributed by atoms with Gasteiger partial charge in [0.25, 0.3) is 5.91 Å². The maximum atomic E-state index is 12.3. The van der Waals surface area contributed by atoms with Crippen molar-refractivity contribution in [1.82, 2.24) is 15.3 Å². The Labute approximate surface area is 144 Å². The number of rotatable bonds is 5. The number of nitrogens with zero attached hydrogens (tertiary/aromatic N) is 1. The summed E-state index contributed by atoms with van der Waals surface area (Å²) in [6.07, 6.45) is 0. The van der Waals surface area contributed by atoms with Crippen LogP contribution in [-0.4, -0.2) is 27.0 Å². The van der Waals surface area contributed by atoms with E-state index in [1.165, 1.54) is 12.1 Å². The van der Waals surface area contributed by atoms with Crippen molar-refractivity contribution in [2.45, 2.75) is 26.3 Å². The minimum atomic E-state index is -0.968. The second kappa shape index (κ2) is 6.76. The van der Waals surface area contributed by atoms with Crippen LogP contribution < -0.4 is 5.32 Å². The van der Waals surface area contributed by atoms with E-state index >= 15 is 0 Å². The van der Waals surface area contributed by atoms with Crippen LogP contribution in [0.25, 0.3) is 11.0 Å². The lowest BCUT2D eigenvalue weighted by Crippen LogP contribution is -2.22. The Balaban J connectivity index is 1.70. The quantitative estimate of drug-likeness (QED) is 0.665. The largest absolute Gasteiger partial charge is 0.478 e. The van der Waals surface area contributed by atoms with Crippen LogP contribution in [0.1, 0.15) is 51.9 Å². The number of nitrogens with one attached hydrogen (secondary N) is 2. The molecule has 0 aliphatic carbocycles. The first-order valence-electron chi connectivity index (χ1n) is 8.04. The summed E-state index contributed by atoms with van der Waals surface area (Å²) >= 11 is 0. The van der Waals surface area contributed by atoms with Gasteiger partial charge in [0, 0.05) is 18.0 Å². The molecule has 0 saturated carbocycles. The highest BCUT2D eigenvalue weighted by Gasteiger charge is 2.10. The van der Waals surface area contributed by atoms with Gasteiger partial charge in [0.2, 0.25) is 0 Å². The van der Waals surface area contributed by atoms with Gasteiger partial charge in [-0.1, -0.05) is 26.0 Å². The zero-order chi connectivity index (χ0) is 18.0. The van der Waals surface area contributed by atoms with Gasteiger partial charge >= 0.3 is 5.97 Å². The fourth-order valence-corrected chi connectivity index (χ4v) is 2.49. The molecule has 0 aliphatic heterocycles. The van der Waals surface area contributed by atoms with Crippen molar-refractivity contribution in [1.29, 1.82) is 0 Å². The molecular weight excluding hydrogens is 318 g/mol. The lowest BCUT2D eigenvalue weighted by Gasteiger charge is -2.06. The second-order valence-electron chi connectivity index (χ2n) is 6.19. The van der Waals surface area contributed by atoms with Gasteiger partial charge in [-0.25, -0.2) is 9.78 Å². The predicted octanol–water partition coefficient (Wildman–Crippen LogP) is 3.31. The number of imidazole rings is 1. The van der Waals surface area contributed by atoms with E-state index in [0.29, 0.717) is 18.0 Å². The number of fused-ring (bicyclic) bond motifs is 1. The van der Waals surface area contributed by atoms with Crippen LogP contribution in [0.5, 0.6) is 0 Å². The van der Waals surface area contributed by atoms with Gasteiger partial charge in [0.15, 0.2) is 0 Å². The Morgan fingerprint density at radius 2 is 1.80 bits per heavy atom. The highest BCUT2D eigenvalue weighted by atomic mass is 16.4. The summed E-state index contributed by atoms with van der Waals surface area (Å²) < 4.78 is 0. The lowest BCUT2D eigenvalue weighted by molar-refractivity contribution is 0.0696. The van der Waals surface area contributed by atoms with Gasteiger partial charge < -0.3 is 15.4 Å². The number of carboxylic acids is 1. The molecule has 0 spiro atoms. The lowest BCUT2D eigenvalue weighted by atomic mass is 10.1. The maximum Gasteiger partial charge on any atom is 0.335 e. The first-order valence-corrected chi connectivity index (χ1v) is 8.04. The molecule has 0 unspecified atom stereocenters. The van der Waals surface area contributed by atoms with Crippen LogP contribution in [0.4, 0.5) is 0 Å².